The standard InChI is InChI=1S/C11H16ClN3O2S/c1-11(5-3-7-14-11)8-15-18(16,17)9-4-2-6-13-10(9)12/h2,4,6,14-15H,3,5,7-8H2,1H3. The molecule has 7 heteroatoms. The molecule has 0 aliphatic carbocycles. The van der Waals surface area contributed by atoms with Gasteiger partial charge in [0.1, 0.15) is 10.0 Å². The van der Waals surface area contributed by atoms with Gasteiger partial charge < -0.3 is 5.32 Å². The van der Waals surface area contributed by atoms with Crippen molar-refractivity contribution < 1.29 is 8.42 Å². The van der Waals surface area contributed by atoms with Gasteiger partial charge in [0.05, 0.1) is 0 Å². The molecule has 2 heterocycles. The molecule has 0 radical (unpaired) electrons. The quantitative estimate of drug-likeness (QED) is 0.816. The van der Waals surface area contributed by atoms with Crippen molar-refractivity contribution in [2.24, 2.45) is 0 Å². The van der Waals surface area contributed by atoms with Crippen molar-refractivity contribution in [3.8, 4) is 0 Å². The second-order valence-corrected chi connectivity index (χ2v) is 6.80. The zero-order valence-corrected chi connectivity index (χ0v) is 11.7. The minimum atomic E-state index is -3.60. The molecule has 0 amide bonds. The Hall–Kier alpha value is -0.690. The molecule has 0 spiro atoms. The molecule has 2 N–H and O–H groups in total. The molecule has 1 atom stereocenters. The van der Waals surface area contributed by atoms with E-state index in [-0.39, 0.29) is 15.6 Å². The second kappa shape index (κ2) is 5.13. The maximum Gasteiger partial charge on any atom is 0.243 e. The zero-order chi connectivity index (χ0) is 13.2. The van der Waals surface area contributed by atoms with Crippen LogP contribution >= 0.6 is 11.6 Å². The van der Waals surface area contributed by atoms with Crippen LogP contribution in [0.2, 0.25) is 5.15 Å². The third-order valence-corrected chi connectivity index (χ3v) is 4.97. The molecule has 1 aliphatic rings. The van der Waals surface area contributed by atoms with Crippen LogP contribution in [0.1, 0.15) is 19.8 Å². The summed E-state index contributed by atoms with van der Waals surface area (Å²) in [6.07, 6.45) is 3.48. The van der Waals surface area contributed by atoms with Gasteiger partial charge in [0.2, 0.25) is 10.0 Å². The molecule has 0 saturated carbocycles. The fourth-order valence-corrected chi connectivity index (χ4v) is 3.63. The third-order valence-electron chi connectivity index (χ3n) is 3.12. The van der Waals surface area contributed by atoms with E-state index in [4.69, 9.17) is 11.6 Å². The average Bonchev–Trinajstić information content (AvgIpc) is 2.75. The van der Waals surface area contributed by atoms with Crippen molar-refractivity contribution in [1.29, 1.82) is 0 Å². The van der Waals surface area contributed by atoms with Crippen LogP contribution in [0.15, 0.2) is 23.2 Å². The molecule has 5 nitrogen and oxygen atoms in total. The first kappa shape index (κ1) is 13.7. The first-order valence-electron chi connectivity index (χ1n) is 5.78. The van der Waals surface area contributed by atoms with Crippen LogP contribution in [0.3, 0.4) is 0 Å². The van der Waals surface area contributed by atoms with Gasteiger partial charge in [0.25, 0.3) is 0 Å². The van der Waals surface area contributed by atoms with E-state index in [1.165, 1.54) is 12.3 Å². The molecule has 1 fully saturated rings. The minimum absolute atomic E-state index is 0.00506. The van der Waals surface area contributed by atoms with Gasteiger partial charge in [-0.15, -0.1) is 0 Å². The van der Waals surface area contributed by atoms with E-state index in [9.17, 15) is 8.42 Å². The molecule has 0 aromatic carbocycles. The Labute approximate surface area is 112 Å². The Morgan fingerprint density at radius 2 is 2.39 bits per heavy atom. The number of halogens is 1. The second-order valence-electron chi connectivity index (χ2n) is 4.71. The van der Waals surface area contributed by atoms with Gasteiger partial charge in [-0.3, -0.25) is 0 Å². The van der Waals surface area contributed by atoms with E-state index < -0.39 is 10.0 Å². The number of sulfonamides is 1. The SMILES string of the molecule is CC1(CNS(=O)(=O)c2cccnc2Cl)CCCN1. The molecule has 1 aromatic rings. The normalized spacial score (nSPS) is 24.3. The molecule has 1 aromatic heterocycles. The lowest BCUT2D eigenvalue weighted by atomic mass is 10.0. The summed E-state index contributed by atoms with van der Waals surface area (Å²) < 4.78 is 26.8. The van der Waals surface area contributed by atoms with Gasteiger partial charge in [0.15, 0.2) is 0 Å². The number of nitrogens with one attached hydrogen (secondary N) is 2. The molecule has 18 heavy (non-hydrogen) atoms. The highest BCUT2D eigenvalue weighted by Crippen LogP contribution is 2.20. The van der Waals surface area contributed by atoms with Gasteiger partial charge in [-0.25, -0.2) is 18.1 Å². The first-order valence-corrected chi connectivity index (χ1v) is 7.64. The number of aromatic nitrogens is 1. The van der Waals surface area contributed by atoms with E-state index in [0.717, 1.165) is 19.4 Å². The molecular weight excluding hydrogens is 274 g/mol. The Balaban J connectivity index is 2.11. The van der Waals surface area contributed by atoms with Crippen molar-refractivity contribution in [2.45, 2.75) is 30.2 Å². The fraction of sp³-hybridized carbons (Fsp3) is 0.545. The fourth-order valence-electron chi connectivity index (χ4n) is 2.01. The van der Waals surface area contributed by atoms with Crippen molar-refractivity contribution in [2.75, 3.05) is 13.1 Å². The Morgan fingerprint density at radius 3 is 3.00 bits per heavy atom. The monoisotopic (exact) mass is 289 g/mol. The van der Waals surface area contributed by atoms with Crippen molar-refractivity contribution in [3.63, 3.8) is 0 Å². The molecule has 0 bridgehead atoms. The number of rotatable bonds is 4. The molecule has 2 rings (SSSR count). The maximum absolute atomic E-state index is 12.1. The van der Waals surface area contributed by atoms with Gasteiger partial charge >= 0.3 is 0 Å². The van der Waals surface area contributed by atoms with Crippen molar-refractivity contribution in [3.05, 3.63) is 23.5 Å². The highest BCUT2D eigenvalue weighted by Gasteiger charge is 2.30. The van der Waals surface area contributed by atoms with Crippen LogP contribution in [0.25, 0.3) is 0 Å². The number of hydrogen-bond donors (Lipinski definition) is 2. The van der Waals surface area contributed by atoms with Crippen LogP contribution in [-0.4, -0.2) is 32.0 Å². The smallest absolute Gasteiger partial charge is 0.243 e. The van der Waals surface area contributed by atoms with Gasteiger partial charge in [0, 0.05) is 18.3 Å². The predicted molar refractivity (Wildman–Crippen MR) is 70.1 cm³/mol. The van der Waals surface area contributed by atoms with Crippen LogP contribution in [-0.2, 0) is 10.0 Å². The van der Waals surface area contributed by atoms with Crippen LogP contribution < -0.4 is 10.0 Å². The summed E-state index contributed by atoms with van der Waals surface area (Å²) >= 11 is 5.79. The van der Waals surface area contributed by atoms with E-state index in [0.29, 0.717) is 6.54 Å². The van der Waals surface area contributed by atoms with Crippen molar-refractivity contribution in [1.82, 2.24) is 15.0 Å². The summed E-state index contributed by atoms with van der Waals surface area (Å²) in [6, 6.07) is 3.00. The largest absolute Gasteiger partial charge is 0.310 e. The van der Waals surface area contributed by atoms with E-state index in [1.54, 1.807) is 6.07 Å². The summed E-state index contributed by atoms with van der Waals surface area (Å²) in [5, 5.41) is 3.29. The molecule has 100 valence electrons. The maximum atomic E-state index is 12.1. The summed E-state index contributed by atoms with van der Waals surface area (Å²) in [7, 11) is -3.60. The third kappa shape index (κ3) is 3.00. The van der Waals surface area contributed by atoms with Crippen LogP contribution in [0.5, 0.6) is 0 Å². The lowest BCUT2D eigenvalue weighted by molar-refractivity contribution is 0.409. The van der Waals surface area contributed by atoms with Gasteiger partial charge in [-0.05, 0) is 38.4 Å². The van der Waals surface area contributed by atoms with Crippen molar-refractivity contribution >= 4 is 21.6 Å². The van der Waals surface area contributed by atoms with E-state index in [2.05, 4.69) is 15.0 Å². The van der Waals surface area contributed by atoms with Crippen LogP contribution in [0.4, 0.5) is 0 Å². The molecule has 1 aliphatic heterocycles. The lowest BCUT2D eigenvalue weighted by Crippen LogP contribution is -2.47. The van der Waals surface area contributed by atoms with Gasteiger partial charge in [-0.1, -0.05) is 11.6 Å². The molecule has 1 unspecified atom stereocenters. The summed E-state index contributed by atoms with van der Waals surface area (Å²) in [5.41, 5.74) is -0.179. The molecular formula is C11H16ClN3O2S. The lowest BCUT2D eigenvalue weighted by Gasteiger charge is -2.24. The topological polar surface area (TPSA) is 71.1 Å². The Kier molecular flexibility index (Phi) is 3.91. The summed E-state index contributed by atoms with van der Waals surface area (Å²) in [4.78, 5) is 3.79. The number of hydrogen-bond acceptors (Lipinski definition) is 4. The zero-order valence-electron chi connectivity index (χ0n) is 10.1. The minimum Gasteiger partial charge on any atom is -0.310 e. The Bertz CT molecular complexity index is 527. The molecule has 1 saturated heterocycles. The van der Waals surface area contributed by atoms with E-state index >= 15 is 0 Å². The number of nitrogens with zero attached hydrogens (tertiary/aromatic N) is 1. The van der Waals surface area contributed by atoms with E-state index in [1.807, 2.05) is 6.92 Å². The summed E-state index contributed by atoms with van der Waals surface area (Å²) in [6.45, 7) is 3.28. The highest BCUT2D eigenvalue weighted by atomic mass is 35.5. The number of pyridine rings is 1. The Morgan fingerprint density at radius 1 is 1.61 bits per heavy atom. The first-order chi connectivity index (χ1) is 8.43. The average molecular weight is 290 g/mol. The predicted octanol–water partition coefficient (Wildman–Crippen LogP) is 1.16. The highest BCUT2D eigenvalue weighted by molar-refractivity contribution is 7.89. The van der Waals surface area contributed by atoms with Crippen LogP contribution in [0, 0.1) is 0 Å². The summed E-state index contributed by atoms with van der Waals surface area (Å²) in [5.74, 6) is 0. The van der Waals surface area contributed by atoms with Gasteiger partial charge in [-0.2, -0.15) is 0 Å².